The fourth-order valence-corrected chi connectivity index (χ4v) is 2.98. The highest BCUT2D eigenvalue weighted by Gasteiger charge is 2.56. The van der Waals surface area contributed by atoms with Gasteiger partial charge in [-0.2, -0.15) is 0 Å². The number of fused-ring (bicyclic) bond motifs is 2. The Morgan fingerprint density at radius 1 is 1.47 bits per heavy atom. The van der Waals surface area contributed by atoms with Crippen LogP contribution < -0.4 is 5.32 Å². The first kappa shape index (κ1) is 9.28. The first-order valence-corrected chi connectivity index (χ1v) is 6.33. The van der Waals surface area contributed by atoms with Crippen molar-refractivity contribution in [3.63, 3.8) is 0 Å². The van der Waals surface area contributed by atoms with E-state index in [0.717, 1.165) is 24.3 Å². The number of hydrogen-bond donors (Lipinski definition) is 1. The fourth-order valence-electron chi connectivity index (χ4n) is 2.29. The van der Waals surface area contributed by atoms with E-state index in [4.69, 9.17) is 0 Å². The molecule has 0 atom stereocenters. The molecule has 78 valence electrons. The van der Waals surface area contributed by atoms with Crippen LogP contribution in [0.15, 0.2) is 23.1 Å². The second kappa shape index (κ2) is 3.01. The van der Waals surface area contributed by atoms with Crippen LogP contribution in [-0.2, 0) is 10.2 Å². The molecule has 1 aromatic rings. The molecular weight excluding hydrogens is 206 g/mol. The number of thioether (sulfide) groups is 1. The highest BCUT2D eigenvalue weighted by atomic mass is 32.2. The van der Waals surface area contributed by atoms with Crippen LogP contribution in [0.5, 0.6) is 0 Å². The molecule has 0 unspecified atom stereocenters. The fraction of sp³-hybridized carbons (Fsp3) is 0.417. The predicted octanol–water partition coefficient (Wildman–Crippen LogP) is 2.78. The average Bonchev–Trinajstić information content (AvgIpc) is 2.94. The van der Waals surface area contributed by atoms with E-state index >= 15 is 0 Å². The lowest BCUT2D eigenvalue weighted by Gasteiger charge is -2.05. The highest BCUT2D eigenvalue weighted by molar-refractivity contribution is 7.99. The Bertz CT molecular complexity index is 437. The summed E-state index contributed by atoms with van der Waals surface area (Å²) in [5.74, 6) is 1.27. The van der Waals surface area contributed by atoms with Gasteiger partial charge in [0.15, 0.2) is 0 Å². The third-order valence-corrected chi connectivity index (χ3v) is 4.13. The monoisotopic (exact) mass is 219 g/mol. The molecule has 1 aliphatic heterocycles. The smallest absolute Gasteiger partial charge is 0.235 e. The number of anilines is 1. The molecule has 1 aromatic carbocycles. The molecule has 1 N–H and O–H groups in total. The van der Waals surface area contributed by atoms with Gasteiger partial charge in [0.25, 0.3) is 0 Å². The van der Waals surface area contributed by atoms with Gasteiger partial charge in [0.05, 0.1) is 5.41 Å². The molecule has 2 nitrogen and oxygen atoms in total. The second-order valence-electron chi connectivity index (χ2n) is 4.18. The normalized spacial score (nSPS) is 20.2. The number of rotatable bonds is 2. The van der Waals surface area contributed by atoms with E-state index in [1.165, 1.54) is 10.5 Å². The Morgan fingerprint density at radius 2 is 2.27 bits per heavy atom. The molecule has 1 fully saturated rings. The molecule has 1 spiro atoms. The van der Waals surface area contributed by atoms with E-state index in [1.807, 2.05) is 11.8 Å². The zero-order valence-corrected chi connectivity index (χ0v) is 9.49. The molecule has 0 aromatic heterocycles. The lowest BCUT2D eigenvalue weighted by molar-refractivity contribution is -0.117. The van der Waals surface area contributed by atoms with Crippen molar-refractivity contribution in [2.75, 3.05) is 11.1 Å². The summed E-state index contributed by atoms with van der Waals surface area (Å²) in [4.78, 5) is 13.0. The van der Waals surface area contributed by atoms with E-state index in [-0.39, 0.29) is 11.3 Å². The Balaban J connectivity index is 2.02. The second-order valence-corrected chi connectivity index (χ2v) is 5.51. The molecule has 2 aliphatic rings. The van der Waals surface area contributed by atoms with Gasteiger partial charge < -0.3 is 5.32 Å². The van der Waals surface area contributed by atoms with Gasteiger partial charge >= 0.3 is 0 Å². The van der Waals surface area contributed by atoms with Crippen LogP contribution in [-0.4, -0.2) is 11.7 Å². The van der Waals surface area contributed by atoms with E-state index in [0.29, 0.717) is 0 Å². The molecule has 0 radical (unpaired) electrons. The Morgan fingerprint density at radius 3 is 2.93 bits per heavy atom. The van der Waals surface area contributed by atoms with Gasteiger partial charge in [-0.25, -0.2) is 0 Å². The zero-order valence-electron chi connectivity index (χ0n) is 8.67. The molecule has 3 rings (SSSR count). The number of nitrogens with one attached hydrogen (secondary N) is 1. The maximum atomic E-state index is 11.8. The number of amides is 1. The molecule has 3 heteroatoms. The van der Waals surface area contributed by atoms with Gasteiger partial charge in [0.2, 0.25) is 5.91 Å². The van der Waals surface area contributed by atoms with E-state index in [9.17, 15) is 4.79 Å². The van der Waals surface area contributed by atoms with Crippen molar-refractivity contribution in [3.8, 4) is 0 Å². The van der Waals surface area contributed by atoms with Crippen LogP contribution in [0.4, 0.5) is 5.69 Å². The lowest BCUT2D eigenvalue weighted by Crippen LogP contribution is -2.18. The molecule has 1 amide bonds. The molecule has 0 bridgehead atoms. The minimum Gasteiger partial charge on any atom is -0.325 e. The Labute approximate surface area is 93.4 Å². The summed E-state index contributed by atoms with van der Waals surface area (Å²) < 4.78 is 0. The summed E-state index contributed by atoms with van der Waals surface area (Å²) in [6, 6.07) is 6.36. The zero-order chi connectivity index (χ0) is 10.5. The van der Waals surface area contributed by atoms with Crippen LogP contribution in [0.25, 0.3) is 0 Å². The predicted molar refractivity (Wildman–Crippen MR) is 62.4 cm³/mol. The lowest BCUT2D eigenvalue weighted by atomic mass is 9.98. The molecule has 1 aliphatic carbocycles. The third-order valence-electron chi connectivity index (χ3n) is 3.25. The van der Waals surface area contributed by atoms with E-state index in [1.54, 1.807) is 0 Å². The summed E-state index contributed by atoms with van der Waals surface area (Å²) in [6.07, 6.45) is 2.04. The first-order valence-electron chi connectivity index (χ1n) is 5.35. The summed E-state index contributed by atoms with van der Waals surface area (Å²) in [6.45, 7) is 2.14. The molecular formula is C12H13NOS. The third kappa shape index (κ3) is 1.22. The summed E-state index contributed by atoms with van der Waals surface area (Å²) >= 11 is 1.81. The molecule has 1 saturated carbocycles. The van der Waals surface area contributed by atoms with Gasteiger partial charge in [-0.05, 0) is 36.3 Å². The summed E-state index contributed by atoms with van der Waals surface area (Å²) in [5, 5.41) is 3.00. The summed E-state index contributed by atoms with van der Waals surface area (Å²) in [5.41, 5.74) is 2.12. The highest BCUT2D eigenvalue weighted by Crippen LogP contribution is 2.55. The van der Waals surface area contributed by atoms with Crippen molar-refractivity contribution in [2.45, 2.75) is 30.1 Å². The van der Waals surface area contributed by atoms with Crippen molar-refractivity contribution >= 4 is 23.4 Å². The van der Waals surface area contributed by atoms with Gasteiger partial charge in [0, 0.05) is 10.6 Å². The number of hydrogen-bond acceptors (Lipinski definition) is 2. The van der Waals surface area contributed by atoms with Gasteiger partial charge in [-0.15, -0.1) is 11.8 Å². The summed E-state index contributed by atoms with van der Waals surface area (Å²) in [7, 11) is 0. The first-order chi connectivity index (χ1) is 7.26. The average molecular weight is 219 g/mol. The maximum absolute atomic E-state index is 11.8. The van der Waals surface area contributed by atoms with Crippen LogP contribution in [0, 0.1) is 0 Å². The topological polar surface area (TPSA) is 29.1 Å². The standard InChI is InChI=1S/C12H13NOS/c1-2-15-8-3-4-9-10(7-8)13-11(14)12(9)5-6-12/h3-4,7H,2,5-6H2,1H3,(H,13,14). The molecule has 15 heavy (non-hydrogen) atoms. The number of carbonyl (C=O) groups is 1. The van der Waals surface area contributed by atoms with Gasteiger partial charge in [0.1, 0.15) is 0 Å². The van der Waals surface area contributed by atoms with Crippen LogP contribution in [0.1, 0.15) is 25.3 Å². The number of carbonyl (C=O) groups excluding carboxylic acids is 1. The van der Waals surface area contributed by atoms with Crippen molar-refractivity contribution in [3.05, 3.63) is 23.8 Å². The minimum atomic E-state index is -0.134. The molecule has 1 heterocycles. The van der Waals surface area contributed by atoms with Crippen molar-refractivity contribution < 1.29 is 4.79 Å². The minimum absolute atomic E-state index is 0.134. The maximum Gasteiger partial charge on any atom is 0.235 e. The van der Waals surface area contributed by atoms with Crippen molar-refractivity contribution in [1.82, 2.24) is 0 Å². The van der Waals surface area contributed by atoms with Gasteiger partial charge in [-0.3, -0.25) is 4.79 Å². The Hall–Kier alpha value is -0.960. The van der Waals surface area contributed by atoms with Crippen LogP contribution >= 0.6 is 11.8 Å². The Kier molecular flexibility index (Phi) is 1.87. The largest absolute Gasteiger partial charge is 0.325 e. The number of benzene rings is 1. The van der Waals surface area contributed by atoms with Crippen LogP contribution in [0.2, 0.25) is 0 Å². The van der Waals surface area contributed by atoms with E-state index < -0.39 is 0 Å². The van der Waals surface area contributed by atoms with Gasteiger partial charge in [-0.1, -0.05) is 13.0 Å². The molecule has 0 saturated heterocycles. The van der Waals surface area contributed by atoms with E-state index in [2.05, 4.69) is 30.4 Å². The van der Waals surface area contributed by atoms with Crippen LogP contribution in [0.3, 0.4) is 0 Å². The quantitative estimate of drug-likeness (QED) is 0.775. The van der Waals surface area contributed by atoms with Crippen molar-refractivity contribution in [1.29, 1.82) is 0 Å². The van der Waals surface area contributed by atoms with Crippen molar-refractivity contribution in [2.24, 2.45) is 0 Å². The SMILES string of the molecule is CCSc1ccc2c(c1)NC(=O)C21CC1.